The largest absolute Gasteiger partial charge is 0.545 e. The van der Waals surface area contributed by atoms with Gasteiger partial charge in [-0.05, 0) is 64.2 Å². The molecule has 0 heterocycles. The van der Waals surface area contributed by atoms with Crippen molar-refractivity contribution in [2.75, 3.05) is 47.5 Å². The molecule has 0 aliphatic carbocycles. The Morgan fingerprint density at radius 1 is 0.313 bits per heavy atom. The van der Waals surface area contributed by atoms with Gasteiger partial charge >= 0.3 is 11.9 Å². The third-order valence-corrected chi connectivity index (χ3v) is 19.5. The Kier molecular flexibility index (Phi) is 77.8. The minimum atomic E-state index is -1.62. The van der Waals surface area contributed by atoms with E-state index in [2.05, 4.69) is 86.8 Å². The number of carbonyl (C=O) groups is 3. The fourth-order valence-corrected chi connectivity index (χ4v) is 13.0. The molecule has 0 bridgehead atoms. The minimum absolute atomic E-state index is 0.148. The normalized spacial score (nSPS) is 12.9. The highest BCUT2D eigenvalue weighted by molar-refractivity contribution is 5.70. The molecule has 0 rings (SSSR count). The van der Waals surface area contributed by atoms with E-state index in [0.29, 0.717) is 23.9 Å². The lowest BCUT2D eigenvalue weighted by molar-refractivity contribution is -0.870. The number of aliphatic carboxylic acids is 1. The van der Waals surface area contributed by atoms with Gasteiger partial charge in [-0.2, -0.15) is 0 Å². The van der Waals surface area contributed by atoms with Crippen molar-refractivity contribution in [3.63, 3.8) is 0 Å². The molecule has 9 heteroatoms. The Hall–Kier alpha value is -3.27. The molecule has 0 saturated carbocycles. The van der Waals surface area contributed by atoms with Gasteiger partial charge in [0.2, 0.25) is 0 Å². The van der Waals surface area contributed by atoms with Gasteiger partial charge in [-0.15, -0.1) is 0 Å². The number of hydrogen-bond donors (Lipinski definition) is 0. The molecule has 0 fully saturated rings. The van der Waals surface area contributed by atoms with Crippen LogP contribution in [0.15, 0.2) is 72.9 Å². The number of carboxylic acid groups (broad SMARTS) is 1. The van der Waals surface area contributed by atoms with Crippen molar-refractivity contribution >= 4 is 17.9 Å². The Bertz CT molecular complexity index is 1860. The fraction of sp³-hybridized carbons (Fsp3) is 0.833. The Morgan fingerprint density at radius 3 is 0.859 bits per heavy atom. The minimum Gasteiger partial charge on any atom is -0.545 e. The highest BCUT2D eigenvalue weighted by Crippen LogP contribution is 2.20. The van der Waals surface area contributed by atoms with Crippen LogP contribution in [0.2, 0.25) is 0 Å². The second-order valence-corrected chi connectivity index (χ2v) is 30.5. The standard InChI is InChI=1S/C90H165NO8/c1-6-8-10-12-14-16-18-20-22-24-26-28-30-32-34-36-38-40-41-42-43-44-45-46-47-49-50-52-54-56-58-60-62-64-66-68-70-72-74-76-78-80-87(92)97-84-86(85-98-90(89(94)95)96-83-82-91(3,4)5)99-88(93)81-79-77-75-73-71-69-67-65-63-61-59-57-55-53-51-48-39-37-35-33-31-29-27-25-23-21-19-17-15-13-11-9-7-2/h9,11,15,17,21,23,27,29,33,35,39,48,86,90H,6-8,10,12-14,16,18-20,22,24-26,28,30-32,34,36-38,40-47,49-85H2,1-5H3/b11-9-,17-15-,23-21-,29-27-,35-33-,48-39-. The maximum Gasteiger partial charge on any atom is 0.306 e. The SMILES string of the molecule is CC/C=C\C/C=C\C/C=C\C/C=C\C/C=C\C/C=C\CCCCCCCCCCCCCCCCC(=O)OC(COC(=O)CCCCCCCCCCCCCCCCCCCCCCCCCCCCCCCCCCCCCCCCCCC)COC(OCC[N+](C)(C)C)C(=O)[O-]. The topological polar surface area (TPSA) is 111 Å². The quantitative estimate of drug-likeness (QED) is 0.0195. The van der Waals surface area contributed by atoms with E-state index >= 15 is 0 Å². The molecular formula is C90H165NO8. The first-order valence-electron chi connectivity index (χ1n) is 43.1. The van der Waals surface area contributed by atoms with Crippen molar-refractivity contribution in [2.45, 2.75) is 437 Å². The van der Waals surface area contributed by atoms with Crippen molar-refractivity contribution in [2.24, 2.45) is 0 Å². The molecule has 578 valence electrons. The predicted molar refractivity (Wildman–Crippen MR) is 426 cm³/mol. The number of nitrogens with zero attached hydrogens (tertiary/aromatic N) is 1. The van der Waals surface area contributed by atoms with Gasteiger partial charge in [-0.25, -0.2) is 0 Å². The van der Waals surface area contributed by atoms with E-state index in [1.165, 1.54) is 315 Å². The van der Waals surface area contributed by atoms with E-state index < -0.39 is 24.3 Å². The van der Waals surface area contributed by atoms with E-state index in [4.69, 9.17) is 18.9 Å². The van der Waals surface area contributed by atoms with Crippen LogP contribution in [-0.4, -0.2) is 82.3 Å². The predicted octanol–water partition coefficient (Wildman–Crippen LogP) is 26.6. The van der Waals surface area contributed by atoms with Crippen LogP contribution in [-0.2, 0) is 33.3 Å². The summed E-state index contributed by atoms with van der Waals surface area (Å²) in [7, 11) is 5.95. The average molecular weight is 1390 g/mol. The zero-order chi connectivity index (χ0) is 71.8. The second kappa shape index (κ2) is 80.4. The summed E-state index contributed by atoms with van der Waals surface area (Å²) >= 11 is 0. The van der Waals surface area contributed by atoms with Crippen molar-refractivity contribution in [1.82, 2.24) is 0 Å². The molecule has 0 N–H and O–H groups in total. The molecule has 99 heavy (non-hydrogen) atoms. The fourth-order valence-electron chi connectivity index (χ4n) is 13.0. The van der Waals surface area contributed by atoms with Gasteiger partial charge in [0.15, 0.2) is 12.4 Å². The summed E-state index contributed by atoms with van der Waals surface area (Å²) in [6.45, 7) is 4.70. The zero-order valence-corrected chi connectivity index (χ0v) is 66.4. The van der Waals surface area contributed by atoms with Gasteiger partial charge in [0.05, 0.1) is 40.3 Å². The van der Waals surface area contributed by atoms with Gasteiger partial charge < -0.3 is 33.3 Å². The smallest absolute Gasteiger partial charge is 0.306 e. The van der Waals surface area contributed by atoms with Gasteiger partial charge in [0, 0.05) is 12.8 Å². The number of carboxylic acids is 1. The van der Waals surface area contributed by atoms with Crippen molar-refractivity contribution < 1.29 is 42.9 Å². The maximum absolute atomic E-state index is 13.0. The van der Waals surface area contributed by atoms with Crippen LogP contribution in [0.5, 0.6) is 0 Å². The molecule has 2 unspecified atom stereocenters. The number of carbonyl (C=O) groups excluding carboxylic acids is 3. The monoisotopic (exact) mass is 1390 g/mol. The molecule has 9 nitrogen and oxygen atoms in total. The van der Waals surface area contributed by atoms with Crippen LogP contribution in [0.25, 0.3) is 0 Å². The highest BCUT2D eigenvalue weighted by Gasteiger charge is 2.22. The Balaban J connectivity index is 3.93. The van der Waals surface area contributed by atoms with E-state index in [0.717, 1.165) is 77.0 Å². The van der Waals surface area contributed by atoms with Gasteiger partial charge in [-0.1, -0.05) is 421 Å². The molecule has 0 aromatic rings. The van der Waals surface area contributed by atoms with Gasteiger partial charge in [-0.3, -0.25) is 9.59 Å². The second-order valence-electron chi connectivity index (χ2n) is 30.5. The number of rotatable bonds is 81. The third-order valence-electron chi connectivity index (χ3n) is 19.5. The third kappa shape index (κ3) is 81.9. The molecule has 0 aliphatic heterocycles. The number of esters is 2. The summed E-state index contributed by atoms with van der Waals surface area (Å²) in [5.41, 5.74) is 0. The summed E-state index contributed by atoms with van der Waals surface area (Å²) < 4.78 is 22.9. The van der Waals surface area contributed by atoms with Crippen molar-refractivity contribution in [3.8, 4) is 0 Å². The molecule has 0 radical (unpaired) electrons. The summed E-state index contributed by atoms with van der Waals surface area (Å²) in [6.07, 6.45) is 106. The van der Waals surface area contributed by atoms with E-state index in [1.54, 1.807) is 0 Å². The average Bonchev–Trinajstić information content (AvgIpc) is 1.57. The first-order valence-corrected chi connectivity index (χ1v) is 43.1. The highest BCUT2D eigenvalue weighted by atomic mass is 16.7. The van der Waals surface area contributed by atoms with E-state index in [9.17, 15) is 19.5 Å². The van der Waals surface area contributed by atoms with Gasteiger partial charge in [0.1, 0.15) is 13.2 Å². The molecule has 0 saturated heterocycles. The van der Waals surface area contributed by atoms with Crippen LogP contribution in [0.4, 0.5) is 0 Å². The summed E-state index contributed by atoms with van der Waals surface area (Å²) in [6, 6.07) is 0. The lowest BCUT2D eigenvalue weighted by Crippen LogP contribution is -2.44. The number of hydrogen-bond acceptors (Lipinski definition) is 8. The molecule has 0 aromatic carbocycles. The van der Waals surface area contributed by atoms with E-state index in [1.807, 2.05) is 21.1 Å². The number of ether oxygens (including phenoxy) is 4. The van der Waals surface area contributed by atoms with E-state index in [-0.39, 0.29) is 32.2 Å². The van der Waals surface area contributed by atoms with Crippen LogP contribution in [0.1, 0.15) is 425 Å². The molecule has 0 aromatic heterocycles. The lowest BCUT2D eigenvalue weighted by atomic mass is 10.0. The number of likely N-dealkylation sites (N-methyl/N-ethyl adjacent to an activating group) is 1. The molecule has 0 amide bonds. The first-order chi connectivity index (χ1) is 48.6. The molecule has 0 aliphatic rings. The number of allylic oxidation sites excluding steroid dienone is 12. The summed E-state index contributed by atoms with van der Waals surface area (Å²) in [5, 5.41) is 11.9. The molecule has 0 spiro atoms. The maximum atomic E-state index is 13.0. The summed E-state index contributed by atoms with van der Waals surface area (Å²) in [5.74, 6) is -2.26. The number of unbranched alkanes of at least 4 members (excludes halogenated alkanes) is 54. The van der Waals surface area contributed by atoms with Crippen molar-refractivity contribution in [1.29, 1.82) is 0 Å². The Morgan fingerprint density at radius 2 is 0.576 bits per heavy atom. The molecular weight excluding hydrogens is 1220 g/mol. The van der Waals surface area contributed by atoms with Crippen molar-refractivity contribution in [3.05, 3.63) is 72.9 Å². The molecule has 2 atom stereocenters. The Labute approximate surface area is 615 Å². The summed E-state index contributed by atoms with van der Waals surface area (Å²) in [4.78, 5) is 37.7. The first kappa shape index (κ1) is 95.7. The van der Waals surface area contributed by atoms with Crippen LogP contribution in [0, 0.1) is 0 Å². The van der Waals surface area contributed by atoms with Crippen LogP contribution < -0.4 is 5.11 Å². The number of quaternary nitrogens is 1. The van der Waals surface area contributed by atoms with Crippen LogP contribution >= 0.6 is 0 Å². The lowest BCUT2D eigenvalue weighted by Gasteiger charge is -2.26. The van der Waals surface area contributed by atoms with Gasteiger partial charge in [0.25, 0.3) is 0 Å². The zero-order valence-electron chi connectivity index (χ0n) is 66.4. The van der Waals surface area contributed by atoms with Crippen LogP contribution in [0.3, 0.4) is 0 Å².